The van der Waals surface area contributed by atoms with Crippen LogP contribution < -0.4 is 14.8 Å². The van der Waals surface area contributed by atoms with Gasteiger partial charge in [-0.25, -0.2) is 14.6 Å². The van der Waals surface area contributed by atoms with Gasteiger partial charge in [-0.05, 0) is 75.1 Å². The third-order valence-corrected chi connectivity index (χ3v) is 9.41. The minimum absolute atomic E-state index is 0.224. The number of hydrogen-bond acceptors (Lipinski definition) is 13. The summed E-state index contributed by atoms with van der Waals surface area (Å²) in [6, 6.07) is 8.27. The zero-order valence-corrected chi connectivity index (χ0v) is 30.6. The standard InChI is InChI=1S/C35H49ClN10O5/c1-24-19-44(20-25(2)50-24)28-7-9-29(10-8-28)46-22-32(34(41-46)49-15-5-14-48-17-16-47-4)40-35-37-13-12-31(39-35)27-6-11-30(36)33(18-27)51-26(3)21-45-23-38-42-43-45/h6,11-13,18,22-26,28-29H,5,7-10,14-17,19-21H2,1-4H3,(H,37,39,40)/t24-,25+,26-,28?,29?/m0/s1. The molecule has 0 unspecified atom stereocenters. The Balaban J connectivity index is 1.14. The molecule has 0 bridgehead atoms. The highest BCUT2D eigenvalue weighted by Crippen LogP contribution is 2.36. The number of nitrogens with one attached hydrogen (secondary N) is 1. The first-order valence-corrected chi connectivity index (χ1v) is 18.2. The van der Waals surface area contributed by atoms with Crippen molar-refractivity contribution in [3.63, 3.8) is 0 Å². The number of morpholine rings is 1. The van der Waals surface area contributed by atoms with Gasteiger partial charge in [0.2, 0.25) is 5.95 Å². The summed E-state index contributed by atoms with van der Waals surface area (Å²) in [6.07, 6.45) is 10.6. The average Bonchev–Trinajstić information content (AvgIpc) is 3.78. The second-order valence-electron chi connectivity index (χ2n) is 13.3. The van der Waals surface area contributed by atoms with Gasteiger partial charge in [0.15, 0.2) is 0 Å². The molecule has 3 atom stereocenters. The summed E-state index contributed by atoms with van der Waals surface area (Å²) in [5, 5.41) is 20.1. The monoisotopic (exact) mass is 724 g/mol. The number of anilines is 2. The van der Waals surface area contributed by atoms with Gasteiger partial charge in [0, 0.05) is 51.0 Å². The normalized spacial score (nSPS) is 21.7. The Hall–Kier alpha value is -3.89. The summed E-state index contributed by atoms with van der Waals surface area (Å²) in [5.41, 5.74) is 2.24. The Morgan fingerprint density at radius 2 is 1.82 bits per heavy atom. The highest BCUT2D eigenvalue weighted by atomic mass is 35.5. The summed E-state index contributed by atoms with van der Waals surface area (Å²) in [7, 11) is 1.66. The molecule has 4 heterocycles. The number of benzene rings is 1. The van der Waals surface area contributed by atoms with E-state index in [2.05, 4.69) is 49.3 Å². The molecule has 1 aliphatic carbocycles. The fraction of sp³-hybridized carbons (Fsp3) is 0.600. The fourth-order valence-electron chi connectivity index (χ4n) is 6.77. The molecule has 1 aliphatic heterocycles. The third kappa shape index (κ3) is 10.3. The fourth-order valence-corrected chi connectivity index (χ4v) is 6.93. The largest absolute Gasteiger partial charge is 0.487 e. The van der Waals surface area contributed by atoms with Crippen molar-refractivity contribution in [1.29, 1.82) is 0 Å². The highest BCUT2D eigenvalue weighted by Gasteiger charge is 2.32. The molecule has 276 valence electrons. The van der Waals surface area contributed by atoms with Crippen LogP contribution in [0, 0.1) is 0 Å². The maximum Gasteiger partial charge on any atom is 0.256 e. The lowest BCUT2D eigenvalue weighted by Gasteiger charge is -2.42. The zero-order chi connectivity index (χ0) is 35.6. The maximum absolute atomic E-state index is 6.51. The first-order valence-electron chi connectivity index (χ1n) is 17.8. The number of methoxy groups -OCH3 is 1. The minimum atomic E-state index is -0.224. The molecule has 4 aromatic rings. The van der Waals surface area contributed by atoms with Crippen LogP contribution >= 0.6 is 11.6 Å². The van der Waals surface area contributed by atoms with E-state index in [9.17, 15) is 0 Å². The van der Waals surface area contributed by atoms with Crippen LogP contribution in [0.5, 0.6) is 11.6 Å². The number of rotatable bonds is 17. The molecule has 1 saturated carbocycles. The zero-order valence-electron chi connectivity index (χ0n) is 29.9. The molecule has 16 heteroatoms. The van der Waals surface area contributed by atoms with E-state index in [-0.39, 0.29) is 24.4 Å². The Labute approximate surface area is 303 Å². The van der Waals surface area contributed by atoms with Crippen molar-refractivity contribution in [2.75, 3.05) is 51.9 Å². The molecule has 1 aromatic carbocycles. The summed E-state index contributed by atoms with van der Waals surface area (Å²) in [4.78, 5) is 12.0. The van der Waals surface area contributed by atoms with Crippen LogP contribution in [0.3, 0.4) is 0 Å². The molecule has 3 aromatic heterocycles. The lowest BCUT2D eigenvalue weighted by atomic mass is 9.89. The van der Waals surface area contributed by atoms with E-state index < -0.39 is 0 Å². The van der Waals surface area contributed by atoms with Crippen molar-refractivity contribution < 1.29 is 23.7 Å². The number of hydrogen-bond donors (Lipinski definition) is 1. The van der Waals surface area contributed by atoms with Crippen molar-refractivity contribution in [2.24, 2.45) is 0 Å². The minimum Gasteiger partial charge on any atom is -0.487 e. The predicted molar refractivity (Wildman–Crippen MR) is 192 cm³/mol. The van der Waals surface area contributed by atoms with Gasteiger partial charge in [0.25, 0.3) is 5.88 Å². The van der Waals surface area contributed by atoms with Crippen molar-refractivity contribution >= 4 is 23.2 Å². The Morgan fingerprint density at radius 3 is 2.59 bits per heavy atom. The summed E-state index contributed by atoms with van der Waals surface area (Å²) < 4.78 is 32.7. The number of tetrazole rings is 1. The van der Waals surface area contributed by atoms with E-state index in [4.69, 9.17) is 45.4 Å². The molecule has 2 aliphatic rings. The molecule has 1 N–H and O–H groups in total. The van der Waals surface area contributed by atoms with E-state index in [0.29, 0.717) is 73.0 Å². The van der Waals surface area contributed by atoms with Crippen LogP contribution in [0.25, 0.3) is 11.3 Å². The Morgan fingerprint density at radius 1 is 1.02 bits per heavy atom. The molecule has 1 saturated heterocycles. The molecule has 0 amide bonds. The van der Waals surface area contributed by atoms with Gasteiger partial charge < -0.3 is 29.0 Å². The smallest absolute Gasteiger partial charge is 0.256 e. The second kappa shape index (κ2) is 18.0. The Bertz CT molecular complexity index is 1640. The van der Waals surface area contributed by atoms with E-state index in [1.54, 1.807) is 30.4 Å². The van der Waals surface area contributed by atoms with Crippen LogP contribution in [-0.4, -0.2) is 116 Å². The summed E-state index contributed by atoms with van der Waals surface area (Å²) >= 11 is 6.51. The van der Waals surface area contributed by atoms with Crippen molar-refractivity contribution in [1.82, 2.24) is 44.9 Å². The number of halogens is 1. The lowest BCUT2D eigenvalue weighted by molar-refractivity contribution is -0.0852. The Kier molecular flexibility index (Phi) is 13.1. The molecule has 15 nitrogen and oxygen atoms in total. The van der Waals surface area contributed by atoms with Crippen LogP contribution in [0.4, 0.5) is 11.6 Å². The van der Waals surface area contributed by atoms with Gasteiger partial charge in [-0.2, -0.15) is 0 Å². The van der Waals surface area contributed by atoms with Crippen molar-refractivity contribution in [2.45, 2.75) is 89.8 Å². The van der Waals surface area contributed by atoms with Gasteiger partial charge >= 0.3 is 0 Å². The maximum atomic E-state index is 6.51. The van der Waals surface area contributed by atoms with E-state index in [1.165, 1.54) is 0 Å². The van der Waals surface area contributed by atoms with Crippen molar-refractivity contribution in [3.8, 4) is 22.9 Å². The lowest BCUT2D eigenvalue weighted by Crippen LogP contribution is -2.51. The van der Waals surface area contributed by atoms with Crippen LogP contribution in [0.15, 0.2) is 43.0 Å². The number of nitrogens with zero attached hydrogens (tertiary/aromatic N) is 9. The quantitative estimate of drug-likeness (QED) is 0.142. The molecule has 2 fully saturated rings. The van der Waals surface area contributed by atoms with Crippen LogP contribution in [-0.2, 0) is 20.8 Å². The molecule has 6 rings (SSSR count). The van der Waals surface area contributed by atoms with Gasteiger partial charge in [0.1, 0.15) is 23.9 Å². The van der Waals surface area contributed by atoms with Gasteiger partial charge in [-0.3, -0.25) is 9.58 Å². The summed E-state index contributed by atoms with van der Waals surface area (Å²) in [6.45, 7) is 10.9. The van der Waals surface area contributed by atoms with E-state index in [1.807, 2.05) is 31.3 Å². The SMILES string of the molecule is COCCOCCCOc1nn(C2CCC(N3C[C@@H](C)O[C@@H](C)C3)CC2)cc1Nc1nccc(-c2ccc(Cl)c(O[C@@H](C)Cn3cnnn3)c2)n1. The third-order valence-electron chi connectivity index (χ3n) is 9.10. The predicted octanol–water partition coefficient (Wildman–Crippen LogP) is 5.22. The van der Waals surface area contributed by atoms with E-state index >= 15 is 0 Å². The molecule has 0 radical (unpaired) electrons. The first-order chi connectivity index (χ1) is 24.8. The van der Waals surface area contributed by atoms with Crippen molar-refractivity contribution in [3.05, 3.63) is 48.0 Å². The summed E-state index contributed by atoms with van der Waals surface area (Å²) in [5.74, 6) is 1.47. The molecule has 0 spiro atoms. The molecular formula is C35H49ClN10O5. The average molecular weight is 725 g/mol. The topological polar surface area (TPSA) is 149 Å². The van der Waals surface area contributed by atoms with Gasteiger partial charge in [0.05, 0.1) is 61.5 Å². The van der Waals surface area contributed by atoms with Gasteiger partial charge in [-0.1, -0.05) is 17.7 Å². The first kappa shape index (κ1) is 36.9. The van der Waals surface area contributed by atoms with Crippen LogP contribution in [0.1, 0.15) is 58.9 Å². The van der Waals surface area contributed by atoms with Gasteiger partial charge in [-0.15, -0.1) is 10.2 Å². The number of aromatic nitrogens is 8. The highest BCUT2D eigenvalue weighted by molar-refractivity contribution is 6.32. The van der Waals surface area contributed by atoms with Crippen LogP contribution in [0.2, 0.25) is 5.02 Å². The number of ether oxygens (including phenoxy) is 5. The molecule has 51 heavy (non-hydrogen) atoms. The van der Waals surface area contributed by atoms with E-state index in [0.717, 1.165) is 50.8 Å². The molecular weight excluding hydrogens is 676 g/mol. The second-order valence-corrected chi connectivity index (χ2v) is 13.7.